The van der Waals surface area contributed by atoms with Crippen LogP contribution < -0.4 is 0 Å². The Morgan fingerprint density at radius 2 is 0.650 bits per heavy atom. The van der Waals surface area contributed by atoms with Crippen LogP contribution in [-0.2, 0) is 18.9 Å². The van der Waals surface area contributed by atoms with E-state index in [1.165, 1.54) is 0 Å². The Morgan fingerprint density at radius 1 is 0.375 bits per heavy atom. The van der Waals surface area contributed by atoms with Crippen LogP contribution >= 0.6 is 0 Å². The van der Waals surface area contributed by atoms with Gasteiger partial charge in [-0.2, -0.15) is 70.2 Å². The standard InChI is InChI=1S/C6H2F10O2.C5H2F8O.C3H2F4O/c1-2(7)17-4(10,11)3(8,9)5(12,13)18-6(14,15)16;1-2(6)14-5(12,13)3(7,8)4(9,10)11;1-2(4)8-3(5,6)7/h1H2;1H2;1H2. The van der Waals surface area contributed by atoms with E-state index in [1.54, 1.807) is 4.74 Å². The van der Waals surface area contributed by atoms with Crippen molar-refractivity contribution < 1.29 is 116 Å². The minimum absolute atomic E-state index is 1.56. The summed E-state index contributed by atoms with van der Waals surface area (Å²) in [7, 11) is 0. The lowest BCUT2D eigenvalue weighted by Crippen LogP contribution is -2.57. The summed E-state index contributed by atoms with van der Waals surface area (Å²) in [6.45, 7) is 6.10. The molecule has 4 nitrogen and oxygen atoms in total. The molecule has 0 aromatic heterocycles. The average Bonchev–Trinajstić information content (AvgIpc) is 2.54. The molecule has 0 saturated heterocycles. The van der Waals surface area contributed by atoms with Crippen LogP contribution in [0.3, 0.4) is 0 Å². The molecule has 0 fully saturated rings. The molecule has 0 rings (SSSR count). The molecule has 0 spiro atoms. The van der Waals surface area contributed by atoms with Gasteiger partial charge in [-0.1, -0.05) is 0 Å². The molecule has 0 aromatic carbocycles. The Balaban J connectivity index is -0.000000552. The van der Waals surface area contributed by atoms with Gasteiger partial charge < -0.3 is 14.2 Å². The molecule has 40 heavy (non-hydrogen) atoms. The zero-order valence-corrected chi connectivity index (χ0v) is 17.6. The fraction of sp³-hybridized carbons (Fsp3) is 0.571. The topological polar surface area (TPSA) is 36.9 Å². The highest BCUT2D eigenvalue weighted by Crippen LogP contribution is 2.50. The van der Waals surface area contributed by atoms with Crippen LogP contribution in [0.2, 0.25) is 0 Å². The quantitative estimate of drug-likeness (QED) is 0.184. The van der Waals surface area contributed by atoms with Crippen molar-refractivity contribution in [3.05, 3.63) is 37.8 Å². The van der Waals surface area contributed by atoms with Crippen LogP contribution in [0.15, 0.2) is 37.8 Å². The maximum Gasteiger partial charge on any atom is 0.574 e. The number of hydrogen-bond acceptors (Lipinski definition) is 4. The van der Waals surface area contributed by atoms with Crippen LogP contribution in [0.1, 0.15) is 0 Å². The lowest BCUT2D eigenvalue weighted by atomic mass is 10.3. The zero-order chi connectivity index (χ0) is 33.6. The van der Waals surface area contributed by atoms with Crippen LogP contribution in [0.4, 0.5) is 96.6 Å². The number of alkyl halides is 19. The first-order chi connectivity index (χ1) is 17.0. The molecule has 0 aromatic rings. The largest absolute Gasteiger partial charge is 0.574 e. The van der Waals surface area contributed by atoms with Gasteiger partial charge in [0.1, 0.15) is 0 Å². The van der Waals surface area contributed by atoms with Gasteiger partial charge in [0.15, 0.2) is 0 Å². The zero-order valence-electron chi connectivity index (χ0n) is 17.6. The van der Waals surface area contributed by atoms with Crippen molar-refractivity contribution in [3.8, 4) is 0 Å². The molecule has 0 aliphatic rings. The summed E-state index contributed by atoms with van der Waals surface area (Å²) in [6, 6.07) is -6.90. The number of hydrogen-bond donors (Lipinski definition) is 0. The molecule has 0 radical (unpaired) electrons. The van der Waals surface area contributed by atoms with Gasteiger partial charge in [-0.3, -0.25) is 0 Å². The van der Waals surface area contributed by atoms with E-state index in [0.29, 0.717) is 0 Å². The number of halogens is 22. The van der Waals surface area contributed by atoms with E-state index in [-0.39, 0.29) is 0 Å². The maximum absolute atomic E-state index is 12.4. The molecule has 0 aliphatic carbocycles. The molecule has 0 saturated carbocycles. The first-order valence-corrected chi connectivity index (χ1v) is 7.85. The molecule has 240 valence electrons. The van der Waals surface area contributed by atoms with Crippen molar-refractivity contribution in [2.24, 2.45) is 0 Å². The van der Waals surface area contributed by atoms with Crippen molar-refractivity contribution >= 4 is 0 Å². The Kier molecular flexibility index (Phi) is 13.6. The Morgan fingerprint density at radius 3 is 0.825 bits per heavy atom. The van der Waals surface area contributed by atoms with Crippen LogP contribution in [0.25, 0.3) is 0 Å². The van der Waals surface area contributed by atoms with Gasteiger partial charge in [-0.15, -0.1) is 26.3 Å². The normalized spacial score (nSPS) is 13.7. The Bertz CT molecular complexity index is 851. The van der Waals surface area contributed by atoms with Crippen LogP contribution in [0, 0.1) is 0 Å². The fourth-order valence-electron chi connectivity index (χ4n) is 1.08. The Labute approximate surface area is 204 Å². The molecular weight excluding hydrogens is 650 g/mol. The molecule has 0 atom stereocenters. The predicted octanol–water partition coefficient (Wildman–Crippen LogP) is 9.00. The van der Waals surface area contributed by atoms with Crippen molar-refractivity contribution in [1.82, 2.24) is 0 Å². The van der Waals surface area contributed by atoms with E-state index in [0.717, 1.165) is 0 Å². The summed E-state index contributed by atoms with van der Waals surface area (Å²) in [6.07, 6.45) is -36.9. The van der Waals surface area contributed by atoms with E-state index < -0.39 is 67.1 Å². The summed E-state index contributed by atoms with van der Waals surface area (Å²) >= 11 is 0. The molecule has 0 unspecified atom stereocenters. The third-order valence-corrected chi connectivity index (χ3v) is 2.40. The van der Waals surface area contributed by atoms with E-state index >= 15 is 0 Å². The SMILES string of the molecule is C=C(F)OC(F)(F)C(F)(F)C(F)(F)F.C=C(F)OC(F)(F)C(F)(F)C(F)(F)OC(F)(F)F.C=C(F)OC(F)(F)F. The summed E-state index contributed by atoms with van der Waals surface area (Å²) in [4.78, 5) is 0. The maximum atomic E-state index is 12.4. The van der Waals surface area contributed by atoms with Gasteiger partial charge in [-0.25, -0.2) is 4.74 Å². The molecule has 0 amide bonds. The molecule has 0 N–H and O–H groups in total. The second kappa shape index (κ2) is 13.1. The average molecular weight is 656 g/mol. The van der Waals surface area contributed by atoms with Gasteiger partial charge in [0, 0.05) is 0 Å². The van der Waals surface area contributed by atoms with Gasteiger partial charge >= 0.3 is 49.1 Å². The molecule has 0 bridgehead atoms. The minimum atomic E-state index is -6.80. The molecular formula is C14H6F22O4. The smallest absolute Gasteiger partial charge is 0.402 e. The first-order valence-electron chi connectivity index (χ1n) is 7.85. The third-order valence-electron chi connectivity index (χ3n) is 2.40. The summed E-state index contributed by atoms with van der Waals surface area (Å²) in [5.74, 6) is -13.3. The van der Waals surface area contributed by atoms with Gasteiger partial charge in [-0.05, 0) is 19.7 Å². The second-order valence-electron chi connectivity index (χ2n) is 5.56. The third kappa shape index (κ3) is 13.9. The monoisotopic (exact) mass is 656 g/mol. The summed E-state index contributed by atoms with van der Waals surface area (Å²) in [5, 5.41) is 0. The van der Waals surface area contributed by atoms with Crippen molar-refractivity contribution in [1.29, 1.82) is 0 Å². The lowest BCUT2D eigenvalue weighted by molar-refractivity contribution is -0.505. The van der Waals surface area contributed by atoms with E-state index in [9.17, 15) is 96.6 Å². The number of rotatable bonds is 9. The second-order valence-corrected chi connectivity index (χ2v) is 5.56. The summed E-state index contributed by atoms with van der Waals surface area (Å²) in [5.41, 5.74) is 0. The van der Waals surface area contributed by atoms with Gasteiger partial charge in [0.2, 0.25) is 0 Å². The Hall–Kier alpha value is -2.96. The highest BCUT2D eigenvalue weighted by molar-refractivity contribution is 4.89. The van der Waals surface area contributed by atoms with Gasteiger partial charge in [0.25, 0.3) is 18.0 Å². The molecule has 0 heterocycles. The summed E-state index contributed by atoms with van der Waals surface area (Å²) < 4.78 is 265. The lowest BCUT2D eigenvalue weighted by Gasteiger charge is -2.31. The van der Waals surface area contributed by atoms with Crippen molar-refractivity contribution in [2.45, 2.75) is 49.1 Å². The van der Waals surface area contributed by atoms with Crippen LogP contribution in [-0.4, -0.2) is 49.1 Å². The van der Waals surface area contributed by atoms with E-state index in [4.69, 9.17) is 0 Å². The van der Waals surface area contributed by atoms with E-state index in [1.807, 2.05) is 13.2 Å². The highest BCUT2D eigenvalue weighted by atomic mass is 19.4. The number of ether oxygens (including phenoxy) is 4. The predicted molar refractivity (Wildman–Crippen MR) is 78.0 cm³/mol. The van der Waals surface area contributed by atoms with Crippen molar-refractivity contribution in [3.63, 3.8) is 0 Å². The molecule has 0 aliphatic heterocycles. The fourth-order valence-corrected chi connectivity index (χ4v) is 1.08. The minimum Gasteiger partial charge on any atom is -0.402 e. The highest BCUT2D eigenvalue weighted by Gasteiger charge is 2.78. The van der Waals surface area contributed by atoms with Crippen LogP contribution in [0.5, 0.6) is 0 Å². The molecule has 26 heteroatoms. The van der Waals surface area contributed by atoms with Gasteiger partial charge in [0.05, 0.1) is 0 Å². The van der Waals surface area contributed by atoms with Crippen molar-refractivity contribution in [2.75, 3.05) is 0 Å². The van der Waals surface area contributed by atoms with E-state index in [2.05, 4.69) is 20.8 Å². The first kappa shape index (κ1) is 41.5.